The molecule has 2 N–H and O–H groups in total. The molecule has 1 aromatic carbocycles. The van der Waals surface area contributed by atoms with Crippen molar-refractivity contribution in [2.45, 2.75) is 40.0 Å². The third-order valence-corrected chi connectivity index (χ3v) is 3.25. The highest BCUT2D eigenvalue weighted by atomic mass is 15.1. The van der Waals surface area contributed by atoms with Crippen LogP contribution in [0.1, 0.15) is 37.4 Å². The van der Waals surface area contributed by atoms with Gasteiger partial charge in [0.15, 0.2) is 0 Å². The summed E-state index contributed by atoms with van der Waals surface area (Å²) in [5, 5.41) is 6.62. The van der Waals surface area contributed by atoms with Gasteiger partial charge in [-0.1, -0.05) is 37.5 Å². The minimum absolute atomic E-state index is 0.636. The van der Waals surface area contributed by atoms with Crippen LogP contribution in [0.4, 0.5) is 17.5 Å². The van der Waals surface area contributed by atoms with Crippen molar-refractivity contribution in [1.29, 1.82) is 0 Å². The van der Waals surface area contributed by atoms with Gasteiger partial charge >= 0.3 is 0 Å². The quantitative estimate of drug-likeness (QED) is 0.738. The van der Waals surface area contributed by atoms with Crippen LogP contribution in [0.25, 0.3) is 0 Å². The van der Waals surface area contributed by atoms with E-state index in [1.807, 2.05) is 25.1 Å². The van der Waals surface area contributed by atoms with Crippen LogP contribution in [0, 0.1) is 13.8 Å². The van der Waals surface area contributed by atoms with Crippen LogP contribution >= 0.6 is 0 Å². The fourth-order valence-electron chi connectivity index (χ4n) is 2.07. The average Bonchev–Trinajstić information content (AvgIpc) is 2.46. The Morgan fingerprint density at radius 1 is 1.00 bits per heavy atom. The van der Waals surface area contributed by atoms with Crippen molar-refractivity contribution in [1.82, 2.24) is 9.97 Å². The van der Waals surface area contributed by atoms with E-state index in [0.29, 0.717) is 5.95 Å². The zero-order valence-electron chi connectivity index (χ0n) is 13.1. The maximum Gasteiger partial charge on any atom is 0.229 e. The number of aryl methyl sites for hydroxylation is 2. The first-order valence-corrected chi connectivity index (χ1v) is 7.60. The third-order valence-electron chi connectivity index (χ3n) is 3.25. The first-order valence-electron chi connectivity index (χ1n) is 7.60. The molecule has 0 fully saturated rings. The molecule has 4 nitrogen and oxygen atoms in total. The van der Waals surface area contributed by atoms with Crippen LogP contribution in [0.3, 0.4) is 0 Å². The molecule has 0 aliphatic rings. The topological polar surface area (TPSA) is 49.8 Å². The Morgan fingerprint density at radius 3 is 2.48 bits per heavy atom. The summed E-state index contributed by atoms with van der Waals surface area (Å²) in [6, 6.07) is 10.2. The number of aromatic nitrogens is 2. The normalized spacial score (nSPS) is 10.4. The van der Waals surface area contributed by atoms with Crippen LogP contribution in [0.15, 0.2) is 30.3 Å². The molecule has 0 amide bonds. The number of hydrogen-bond acceptors (Lipinski definition) is 4. The van der Waals surface area contributed by atoms with Crippen molar-refractivity contribution in [3.63, 3.8) is 0 Å². The molecule has 0 aliphatic heterocycles. The SMILES string of the molecule is CCCCCNc1cc(C)nc(Nc2ccc(C)cc2)n1. The van der Waals surface area contributed by atoms with E-state index in [1.54, 1.807) is 0 Å². The molecule has 2 rings (SSSR count). The van der Waals surface area contributed by atoms with E-state index in [9.17, 15) is 0 Å². The van der Waals surface area contributed by atoms with E-state index in [0.717, 1.165) is 23.7 Å². The van der Waals surface area contributed by atoms with Gasteiger partial charge in [-0.25, -0.2) is 4.98 Å². The summed E-state index contributed by atoms with van der Waals surface area (Å²) < 4.78 is 0. The molecule has 0 bridgehead atoms. The Hall–Kier alpha value is -2.10. The van der Waals surface area contributed by atoms with Crippen LogP contribution in [-0.4, -0.2) is 16.5 Å². The first-order chi connectivity index (χ1) is 10.2. The van der Waals surface area contributed by atoms with Crippen molar-refractivity contribution < 1.29 is 0 Å². The summed E-state index contributed by atoms with van der Waals surface area (Å²) in [7, 11) is 0. The maximum atomic E-state index is 4.52. The molecule has 2 aromatic rings. The standard InChI is InChI=1S/C17H24N4/c1-4-5-6-11-18-16-12-14(3)19-17(21-16)20-15-9-7-13(2)8-10-15/h7-10,12H,4-6,11H2,1-3H3,(H2,18,19,20,21). The molecule has 4 heteroatoms. The van der Waals surface area contributed by atoms with Crippen molar-refractivity contribution in [3.05, 3.63) is 41.6 Å². The zero-order chi connectivity index (χ0) is 15.1. The number of unbranched alkanes of at least 4 members (excludes halogenated alkanes) is 2. The van der Waals surface area contributed by atoms with Crippen LogP contribution in [-0.2, 0) is 0 Å². The summed E-state index contributed by atoms with van der Waals surface area (Å²) >= 11 is 0. The summed E-state index contributed by atoms with van der Waals surface area (Å²) in [6.45, 7) is 7.22. The predicted molar refractivity (Wildman–Crippen MR) is 89.2 cm³/mol. The second-order valence-electron chi connectivity index (χ2n) is 5.34. The first kappa shape index (κ1) is 15.3. The molecule has 0 radical (unpaired) electrons. The van der Waals surface area contributed by atoms with Crippen molar-refractivity contribution in [2.75, 3.05) is 17.2 Å². The Balaban J connectivity index is 2.02. The Morgan fingerprint density at radius 2 is 1.76 bits per heavy atom. The Labute approximate surface area is 127 Å². The summed E-state index contributed by atoms with van der Waals surface area (Å²) in [5.41, 5.74) is 3.20. The zero-order valence-corrected chi connectivity index (χ0v) is 13.1. The lowest BCUT2D eigenvalue weighted by Gasteiger charge is -2.10. The average molecular weight is 284 g/mol. The second kappa shape index (κ2) is 7.62. The molecule has 1 aromatic heterocycles. The van der Waals surface area contributed by atoms with Gasteiger partial charge in [-0.2, -0.15) is 4.98 Å². The van der Waals surface area contributed by atoms with Gasteiger partial charge in [-0.15, -0.1) is 0 Å². The van der Waals surface area contributed by atoms with Crippen molar-refractivity contribution in [2.24, 2.45) is 0 Å². The molecule has 0 saturated carbocycles. The van der Waals surface area contributed by atoms with Gasteiger partial charge in [0.05, 0.1) is 0 Å². The summed E-state index contributed by atoms with van der Waals surface area (Å²) in [4.78, 5) is 8.95. The van der Waals surface area contributed by atoms with E-state index in [-0.39, 0.29) is 0 Å². The maximum absolute atomic E-state index is 4.52. The Bertz CT molecular complexity index is 564. The summed E-state index contributed by atoms with van der Waals surface area (Å²) in [5.74, 6) is 1.52. The van der Waals surface area contributed by atoms with Crippen LogP contribution in [0.2, 0.25) is 0 Å². The number of anilines is 3. The number of nitrogens with zero attached hydrogens (tertiary/aromatic N) is 2. The van der Waals surface area contributed by atoms with Crippen molar-refractivity contribution >= 4 is 17.5 Å². The predicted octanol–water partition coefficient (Wildman–Crippen LogP) is 4.44. The lowest BCUT2D eigenvalue weighted by Crippen LogP contribution is -2.06. The van der Waals surface area contributed by atoms with E-state index >= 15 is 0 Å². The number of rotatable bonds is 7. The third kappa shape index (κ3) is 5.06. The highest BCUT2D eigenvalue weighted by Crippen LogP contribution is 2.16. The van der Waals surface area contributed by atoms with Gasteiger partial charge in [-0.3, -0.25) is 0 Å². The van der Waals surface area contributed by atoms with E-state index < -0.39 is 0 Å². The molecule has 0 atom stereocenters. The highest BCUT2D eigenvalue weighted by Gasteiger charge is 2.02. The Kier molecular flexibility index (Phi) is 5.55. The number of benzene rings is 1. The molecule has 0 saturated heterocycles. The van der Waals surface area contributed by atoms with E-state index in [4.69, 9.17) is 0 Å². The fraction of sp³-hybridized carbons (Fsp3) is 0.412. The number of hydrogen-bond donors (Lipinski definition) is 2. The van der Waals surface area contributed by atoms with Gasteiger partial charge in [-0.05, 0) is 32.4 Å². The van der Waals surface area contributed by atoms with Gasteiger partial charge in [0, 0.05) is 24.0 Å². The fourth-order valence-corrected chi connectivity index (χ4v) is 2.07. The lowest BCUT2D eigenvalue weighted by atomic mass is 10.2. The minimum Gasteiger partial charge on any atom is -0.370 e. The molecule has 1 heterocycles. The van der Waals surface area contributed by atoms with E-state index in [2.05, 4.69) is 46.6 Å². The van der Waals surface area contributed by atoms with Gasteiger partial charge < -0.3 is 10.6 Å². The monoisotopic (exact) mass is 284 g/mol. The highest BCUT2D eigenvalue weighted by molar-refractivity contribution is 5.55. The molecule has 112 valence electrons. The smallest absolute Gasteiger partial charge is 0.229 e. The molecular weight excluding hydrogens is 260 g/mol. The van der Waals surface area contributed by atoms with Crippen LogP contribution < -0.4 is 10.6 Å². The molecular formula is C17H24N4. The lowest BCUT2D eigenvalue weighted by molar-refractivity contribution is 0.742. The van der Waals surface area contributed by atoms with Gasteiger partial charge in [0.25, 0.3) is 0 Å². The molecule has 21 heavy (non-hydrogen) atoms. The second-order valence-corrected chi connectivity index (χ2v) is 5.34. The molecule has 0 unspecified atom stereocenters. The minimum atomic E-state index is 0.636. The van der Waals surface area contributed by atoms with Crippen molar-refractivity contribution in [3.8, 4) is 0 Å². The van der Waals surface area contributed by atoms with Gasteiger partial charge in [0.2, 0.25) is 5.95 Å². The van der Waals surface area contributed by atoms with E-state index in [1.165, 1.54) is 24.8 Å². The van der Waals surface area contributed by atoms with Crippen LogP contribution in [0.5, 0.6) is 0 Å². The summed E-state index contributed by atoms with van der Waals surface area (Å²) in [6.07, 6.45) is 3.64. The number of nitrogens with one attached hydrogen (secondary N) is 2. The van der Waals surface area contributed by atoms with Gasteiger partial charge in [0.1, 0.15) is 5.82 Å². The molecule has 0 aliphatic carbocycles. The molecule has 0 spiro atoms. The largest absolute Gasteiger partial charge is 0.370 e.